The van der Waals surface area contributed by atoms with Crippen molar-refractivity contribution in [3.05, 3.63) is 108 Å². The van der Waals surface area contributed by atoms with Gasteiger partial charge >= 0.3 is 0 Å². The van der Waals surface area contributed by atoms with E-state index in [1.807, 2.05) is 32.0 Å². The first-order valence-corrected chi connectivity index (χ1v) is 8.44. The van der Waals surface area contributed by atoms with Gasteiger partial charge in [0.25, 0.3) is 0 Å². The Kier molecular flexibility index (Phi) is 9.95. The summed E-state index contributed by atoms with van der Waals surface area (Å²) in [6, 6.07) is 31.5. The average molecular weight is 304 g/mol. The molecule has 0 atom stereocenters. The molecule has 0 nitrogen and oxygen atoms in total. The summed E-state index contributed by atoms with van der Waals surface area (Å²) in [5, 5.41) is 0. The Morgan fingerprint density at radius 2 is 0.783 bits per heavy atom. The van der Waals surface area contributed by atoms with Crippen LogP contribution in [0.1, 0.15) is 30.5 Å². The Morgan fingerprint density at radius 1 is 0.478 bits per heavy atom. The number of benzene rings is 3. The van der Waals surface area contributed by atoms with E-state index in [1.165, 1.54) is 16.7 Å². The molecule has 0 radical (unpaired) electrons. The van der Waals surface area contributed by atoms with Crippen molar-refractivity contribution in [3.8, 4) is 0 Å². The Morgan fingerprint density at radius 3 is 1.04 bits per heavy atom. The Balaban J connectivity index is 0.000000247. The molecule has 0 saturated heterocycles. The highest BCUT2D eigenvalue weighted by Gasteiger charge is 1.93. The summed E-state index contributed by atoms with van der Waals surface area (Å²) in [4.78, 5) is 0. The number of rotatable bonds is 3. The number of hydrogen-bond acceptors (Lipinski definition) is 0. The smallest absolute Gasteiger partial charge is 0.0238 e. The predicted molar refractivity (Wildman–Crippen MR) is 103 cm³/mol. The molecule has 0 N–H and O–H groups in total. The van der Waals surface area contributed by atoms with Gasteiger partial charge in [0.1, 0.15) is 0 Å². The van der Waals surface area contributed by atoms with Gasteiger partial charge in [-0.1, -0.05) is 110 Å². The molecule has 0 bridgehead atoms. The van der Waals surface area contributed by atoms with Gasteiger partial charge < -0.3 is 0 Å². The molecule has 0 saturated carbocycles. The van der Waals surface area contributed by atoms with Crippen LogP contribution in [0.15, 0.2) is 91.0 Å². The third kappa shape index (κ3) is 8.63. The summed E-state index contributed by atoms with van der Waals surface area (Å²) < 4.78 is 0. The molecular formula is C23H28. The summed E-state index contributed by atoms with van der Waals surface area (Å²) >= 11 is 0. The molecule has 0 aliphatic heterocycles. The molecule has 23 heavy (non-hydrogen) atoms. The number of aryl methyl sites for hydroxylation is 3. The lowest BCUT2D eigenvalue weighted by molar-refractivity contribution is 0.960. The largest absolute Gasteiger partial charge is 0.0683 e. The first-order chi connectivity index (χ1) is 11.3. The monoisotopic (exact) mass is 304 g/mol. The van der Waals surface area contributed by atoms with E-state index in [0.717, 1.165) is 12.8 Å². The van der Waals surface area contributed by atoms with Crippen molar-refractivity contribution in [2.24, 2.45) is 0 Å². The lowest BCUT2D eigenvalue weighted by Gasteiger charge is -2.01. The van der Waals surface area contributed by atoms with E-state index in [0.29, 0.717) is 0 Å². The molecule has 0 unspecified atom stereocenters. The molecule has 3 aromatic carbocycles. The van der Waals surface area contributed by atoms with Gasteiger partial charge in [0, 0.05) is 0 Å². The summed E-state index contributed by atoms with van der Waals surface area (Å²) in [7, 11) is 0. The van der Waals surface area contributed by atoms with Crippen LogP contribution in [0.2, 0.25) is 0 Å². The van der Waals surface area contributed by atoms with Crippen LogP contribution >= 0.6 is 0 Å². The molecule has 0 fully saturated rings. The van der Waals surface area contributed by atoms with E-state index in [2.05, 4.69) is 79.7 Å². The van der Waals surface area contributed by atoms with Gasteiger partial charge in [-0.3, -0.25) is 0 Å². The molecule has 0 aliphatic rings. The van der Waals surface area contributed by atoms with Gasteiger partial charge in [0.05, 0.1) is 0 Å². The Hall–Kier alpha value is -2.34. The molecule has 0 heterocycles. The minimum Gasteiger partial charge on any atom is -0.0683 e. The zero-order valence-electron chi connectivity index (χ0n) is 14.6. The highest BCUT2D eigenvalue weighted by molar-refractivity contribution is 5.19. The van der Waals surface area contributed by atoms with Crippen LogP contribution < -0.4 is 0 Å². The third-order valence-electron chi connectivity index (χ3n) is 3.33. The van der Waals surface area contributed by atoms with Crippen molar-refractivity contribution < 1.29 is 0 Å². The molecule has 3 aromatic rings. The van der Waals surface area contributed by atoms with Crippen molar-refractivity contribution >= 4 is 0 Å². The Bertz CT molecular complexity index is 558. The van der Waals surface area contributed by atoms with E-state index in [1.54, 1.807) is 0 Å². The van der Waals surface area contributed by atoms with Crippen molar-refractivity contribution in [1.82, 2.24) is 0 Å². The van der Waals surface area contributed by atoms with Crippen LogP contribution in [0.25, 0.3) is 0 Å². The third-order valence-corrected chi connectivity index (χ3v) is 3.33. The van der Waals surface area contributed by atoms with Crippen molar-refractivity contribution in [2.75, 3.05) is 0 Å². The van der Waals surface area contributed by atoms with Gasteiger partial charge in [-0.15, -0.1) is 0 Å². The van der Waals surface area contributed by atoms with Crippen molar-refractivity contribution in [2.45, 2.75) is 33.6 Å². The highest BCUT2D eigenvalue weighted by Crippen LogP contribution is 2.06. The number of hydrogen-bond donors (Lipinski definition) is 0. The second-order valence-corrected chi connectivity index (χ2v) is 5.13. The summed E-state index contributed by atoms with van der Waals surface area (Å²) in [5.41, 5.74) is 4.15. The maximum absolute atomic E-state index is 2.18. The van der Waals surface area contributed by atoms with E-state index < -0.39 is 0 Å². The fourth-order valence-corrected chi connectivity index (χ4v) is 2.11. The quantitative estimate of drug-likeness (QED) is 0.518. The predicted octanol–water partition coefficient (Wildman–Crippen LogP) is 6.49. The molecule has 0 aromatic heterocycles. The molecule has 0 heteroatoms. The summed E-state index contributed by atoms with van der Waals surface area (Å²) in [5.74, 6) is 0. The molecule has 3 rings (SSSR count). The van der Waals surface area contributed by atoms with Crippen LogP contribution in [-0.2, 0) is 12.8 Å². The standard InChI is InChI=1S/C14H14.C7H8.C2H6/c1-3-7-13(8-4-1)11-12-14-9-5-2-6-10-14;1-7-5-3-2-4-6-7;1-2/h1-10H,11-12H2;2-6H,1H3;1-2H3. The first-order valence-electron chi connectivity index (χ1n) is 8.44. The normalized spacial score (nSPS) is 9.00. The van der Waals surface area contributed by atoms with E-state index in [4.69, 9.17) is 0 Å². The van der Waals surface area contributed by atoms with Crippen LogP contribution in [0.5, 0.6) is 0 Å². The average Bonchev–Trinajstić information content (AvgIpc) is 2.65. The lowest BCUT2D eigenvalue weighted by Crippen LogP contribution is -1.89. The van der Waals surface area contributed by atoms with Gasteiger partial charge in [0.15, 0.2) is 0 Å². The van der Waals surface area contributed by atoms with Crippen LogP contribution in [0.4, 0.5) is 0 Å². The molecule has 0 amide bonds. The Labute approximate surface area is 141 Å². The summed E-state index contributed by atoms with van der Waals surface area (Å²) in [6.07, 6.45) is 2.26. The second-order valence-electron chi connectivity index (χ2n) is 5.13. The SMILES string of the molecule is CC.Cc1ccccc1.c1ccc(CCc2ccccc2)cc1. The maximum Gasteiger partial charge on any atom is -0.0238 e. The minimum absolute atomic E-state index is 1.13. The first kappa shape index (κ1) is 18.7. The fourth-order valence-electron chi connectivity index (χ4n) is 2.11. The highest BCUT2D eigenvalue weighted by atomic mass is 14.0. The van der Waals surface area contributed by atoms with Gasteiger partial charge in [-0.25, -0.2) is 0 Å². The zero-order valence-corrected chi connectivity index (χ0v) is 14.6. The maximum atomic E-state index is 2.18. The fraction of sp³-hybridized carbons (Fsp3) is 0.217. The van der Waals surface area contributed by atoms with Gasteiger partial charge in [-0.2, -0.15) is 0 Å². The van der Waals surface area contributed by atoms with Crippen LogP contribution in [-0.4, -0.2) is 0 Å². The van der Waals surface area contributed by atoms with Gasteiger partial charge in [0.2, 0.25) is 0 Å². The van der Waals surface area contributed by atoms with Crippen molar-refractivity contribution in [3.63, 3.8) is 0 Å². The van der Waals surface area contributed by atoms with E-state index in [9.17, 15) is 0 Å². The lowest BCUT2D eigenvalue weighted by atomic mass is 10.0. The second kappa shape index (κ2) is 12.2. The van der Waals surface area contributed by atoms with E-state index in [-0.39, 0.29) is 0 Å². The van der Waals surface area contributed by atoms with Gasteiger partial charge in [-0.05, 0) is 30.9 Å². The van der Waals surface area contributed by atoms with Crippen molar-refractivity contribution in [1.29, 1.82) is 0 Å². The summed E-state index contributed by atoms with van der Waals surface area (Å²) in [6.45, 7) is 6.08. The zero-order chi connectivity index (χ0) is 16.8. The van der Waals surface area contributed by atoms with Crippen LogP contribution in [0.3, 0.4) is 0 Å². The van der Waals surface area contributed by atoms with Crippen LogP contribution in [0, 0.1) is 6.92 Å². The minimum atomic E-state index is 1.13. The topological polar surface area (TPSA) is 0 Å². The molecule has 120 valence electrons. The molecular weight excluding hydrogens is 276 g/mol. The molecule has 0 spiro atoms. The van der Waals surface area contributed by atoms with E-state index >= 15 is 0 Å². The molecule has 0 aliphatic carbocycles.